The fraction of sp³-hybridized carbons (Fsp3) is 0.208. The van der Waals surface area contributed by atoms with Gasteiger partial charge in [0.2, 0.25) is 5.91 Å². The number of carbonyl (C=O) groups is 1. The van der Waals surface area contributed by atoms with Crippen molar-refractivity contribution in [2.45, 2.75) is 25.3 Å². The summed E-state index contributed by atoms with van der Waals surface area (Å²) in [6.07, 6.45) is 0. The minimum atomic E-state index is -3.93. The molecular formula is C24H25BrN2O4S. The quantitative estimate of drug-likeness (QED) is 0.448. The van der Waals surface area contributed by atoms with E-state index in [2.05, 4.69) is 21.2 Å². The molecule has 0 saturated carbocycles. The van der Waals surface area contributed by atoms with Crippen molar-refractivity contribution in [1.29, 1.82) is 0 Å². The first-order chi connectivity index (χ1) is 15.3. The molecule has 32 heavy (non-hydrogen) atoms. The normalized spacial score (nSPS) is 11.1. The molecular weight excluding hydrogens is 492 g/mol. The van der Waals surface area contributed by atoms with E-state index in [0.717, 1.165) is 25.7 Å². The van der Waals surface area contributed by atoms with Gasteiger partial charge in [0.05, 0.1) is 17.2 Å². The predicted octanol–water partition coefficient (Wildman–Crippen LogP) is 4.67. The number of halogens is 1. The van der Waals surface area contributed by atoms with E-state index < -0.39 is 15.9 Å². The molecule has 3 rings (SSSR count). The lowest BCUT2D eigenvalue weighted by atomic mass is 10.2. The third kappa shape index (κ3) is 6.11. The number of hydrogen-bond donors (Lipinski definition) is 1. The summed E-state index contributed by atoms with van der Waals surface area (Å²) < 4.78 is 34.1. The molecule has 0 radical (unpaired) electrons. The Hall–Kier alpha value is -2.84. The maximum absolute atomic E-state index is 13.4. The van der Waals surface area contributed by atoms with Gasteiger partial charge in [-0.25, -0.2) is 8.42 Å². The summed E-state index contributed by atoms with van der Waals surface area (Å²) in [5, 5.41) is 2.80. The molecule has 0 aliphatic heterocycles. The number of amides is 1. The van der Waals surface area contributed by atoms with Crippen LogP contribution < -0.4 is 14.4 Å². The second kappa shape index (κ2) is 10.7. The van der Waals surface area contributed by atoms with Crippen molar-refractivity contribution in [3.63, 3.8) is 0 Å². The molecule has 0 heterocycles. The first kappa shape index (κ1) is 23.8. The lowest BCUT2D eigenvalue weighted by Crippen LogP contribution is -2.40. The number of rotatable bonds is 9. The Balaban J connectivity index is 1.78. The number of carbonyl (C=O) groups excluding carboxylic acids is 1. The van der Waals surface area contributed by atoms with Crippen LogP contribution in [-0.4, -0.2) is 27.5 Å². The number of aryl methyl sites for hydroxylation is 1. The van der Waals surface area contributed by atoms with Gasteiger partial charge in [0, 0.05) is 11.0 Å². The Kier molecular flexibility index (Phi) is 7.93. The van der Waals surface area contributed by atoms with Crippen molar-refractivity contribution in [3.05, 3.63) is 88.4 Å². The molecule has 0 saturated heterocycles. The molecule has 1 N–H and O–H groups in total. The molecule has 0 atom stereocenters. The van der Waals surface area contributed by atoms with E-state index >= 15 is 0 Å². The van der Waals surface area contributed by atoms with Gasteiger partial charge >= 0.3 is 0 Å². The lowest BCUT2D eigenvalue weighted by molar-refractivity contribution is -0.119. The molecule has 0 bridgehead atoms. The van der Waals surface area contributed by atoms with Crippen molar-refractivity contribution in [3.8, 4) is 5.75 Å². The summed E-state index contributed by atoms with van der Waals surface area (Å²) in [4.78, 5) is 12.8. The molecule has 0 unspecified atom stereocenters. The standard InChI is InChI=1S/C24H25BrN2O4S/c1-3-31-22-12-6-19(7-13-22)16-26-24(28)17-27(21-10-8-20(25)9-11-21)32(29,30)23-14-4-18(2)5-15-23/h4-15H,3,16-17H2,1-2H3,(H,26,28). The summed E-state index contributed by atoms with van der Waals surface area (Å²) in [6, 6.07) is 20.8. The molecule has 0 spiro atoms. The lowest BCUT2D eigenvalue weighted by Gasteiger charge is -2.24. The molecule has 168 valence electrons. The van der Waals surface area contributed by atoms with E-state index in [4.69, 9.17) is 4.74 Å². The van der Waals surface area contributed by atoms with Gasteiger partial charge < -0.3 is 10.1 Å². The first-order valence-corrected chi connectivity index (χ1v) is 12.4. The van der Waals surface area contributed by atoms with Crippen molar-refractivity contribution >= 4 is 37.5 Å². The van der Waals surface area contributed by atoms with Crippen LogP contribution in [0.4, 0.5) is 5.69 Å². The second-order valence-corrected chi connectivity index (χ2v) is 9.93. The highest BCUT2D eigenvalue weighted by atomic mass is 79.9. The van der Waals surface area contributed by atoms with Crippen molar-refractivity contribution in [2.24, 2.45) is 0 Å². The van der Waals surface area contributed by atoms with Gasteiger partial charge in [0.25, 0.3) is 10.0 Å². The molecule has 6 nitrogen and oxygen atoms in total. The van der Waals surface area contributed by atoms with E-state index in [0.29, 0.717) is 12.3 Å². The highest BCUT2D eigenvalue weighted by molar-refractivity contribution is 9.10. The highest BCUT2D eigenvalue weighted by Gasteiger charge is 2.27. The minimum Gasteiger partial charge on any atom is -0.494 e. The fourth-order valence-electron chi connectivity index (χ4n) is 3.02. The number of nitrogens with zero attached hydrogens (tertiary/aromatic N) is 1. The number of nitrogens with one attached hydrogen (secondary N) is 1. The largest absolute Gasteiger partial charge is 0.494 e. The zero-order valence-corrected chi connectivity index (χ0v) is 20.3. The third-order valence-corrected chi connectivity index (χ3v) is 7.05. The summed E-state index contributed by atoms with van der Waals surface area (Å²) in [5.41, 5.74) is 2.25. The van der Waals surface area contributed by atoms with Crippen molar-refractivity contribution in [1.82, 2.24) is 5.32 Å². The van der Waals surface area contributed by atoms with Crippen LogP contribution in [0.25, 0.3) is 0 Å². The number of sulfonamides is 1. The number of hydrogen-bond acceptors (Lipinski definition) is 4. The van der Waals surface area contributed by atoms with Crippen molar-refractivity contribution < 1.29 is 17.9 Å². The fourth-order valence-corrected chi connectivity index (χ4v) is 4.70. The van der Waals surface area contributed by atoms with Gasteiger partial charge in [-0.2, -0.15) is 0 Å². The minimum absolute atomic E-state index is 0.130. The smallest absolute Gasteiger partial charge is 0.264 e. The zero-order chi connectivity index (χ0) is 23.1. The summed E-state index contributed by atoms with van der Waals surface area (Å²) in [6.45, 7) is 4.32. The van der Waals surface area contributed by atoms with Gasteiger partial charge in [0.1, 0.15) is 12.3 Å². The van der Waals surface area contributed by atoms with E-state index in [1.807, 2.05) is 38.1 Å². The van der Waals surface area contributed by atoms with Crippen LogP contribution in [0.3, 0.4) is 0 Å². The van der Waals surface area contributed by atoms with E-state index in [-0.39, 0.29) is 18.0 Å². The van der Waals surface area contributed by atoms with Crippen LogP contribution in [-0.2, 0) is 21.4 Å². The Labute approximate surface area is 197 Å². The summed E-state index contributed by atoms with van der Waals surface area (Å²) in [7, 11) is -3.93. The SMILES string of the molecule is CCOc1ccc(CNC(=O)CN(c2ccc(Br)cc2)S(=O)(=O)c2ccc(C)cc2)cc1. The Morgan fingerprint density at radius 2 is 1.59 bits per heavy atom. The monoisotopic (exact) mass is 516 g/mol. The molecule has 1 amide bonds. The van der Waals surface area contributed by atoms with E-state index in [1.54, 1.807) is 48.5 Å². The third-order valence-electron chi connectivity index (χ3n) is 4.73. The predicted molar refractivity (Wildman–Crippen MR) is 129 cm³/mol. The van der Waals surface area contributed by atoms with E-state index in [1.165, 1.54) is 0 Å². The Morgan fingerprint density at radius 3 is 2.19 bits per heavy atom. The number of anilines is 1. The van der Waals surface area contributed by atoms with Gasteiger partial charge in [0.15, 0.2) is 0 Å². The molecule has 0 fully saturated rings. The second-order valence-electron chi connectivity index (χ2n) is 7.15. The van der Waals surface area contributed by atoms with Gasteiger partial charge in [-0.1, -0.05) is 45.8 Å². The van der Waals surface area contributed by atoms with Crippen LogP contribution in [0.5, 0.6) is 5.75 Å². The van der Waals surface area contributed by atoms with Gasteiger partial charge in [-0.3, -0.25) is 9.10 Å². The molecule has 0 aliphatic rings. The molecule has 0 aromatic heterocycles. The average Bonchev–Trinajstić information content (AvgIpc) is 2.78. The Morgan fingerprint density at radius 1 is 0.969 bits per heavy atom. The topological polar surface area (TPSA) is 75.7 Å². The van der Waals surface area contributed by atoms with Gasteiger partial charge in [-0.15, -0.1) is 0 Å². The number of benzene rings is 3. The molecule has 3 aromatic carbocycles. The van der Waals surface area contributed by atoms with Crippen molar-refractivity contribution in [2.75, 3.05) is 17.5 Å². The Bertz CT molecular complexity index is 1150. The summed E-state index contributed by atoms with van der Waals surface area (Å²) >= 11 is 3.36. The number of ether oxygens (including phenoxy) is 1. The van der Waals surface area contributed by atoms with Crippen LogP contribution in [0.1, 0.15) is 18.1 Å². The van der Waals surface area contributed by atoms with Gasteiger partial charge in [-0.05, 0) is 67.9 Å². The highest BCUT2D eigenvalue weighted by Crippen LogP contribution is 2.25. The average molecular weight is 517 g/mol. The van der Waals surface area contributed by atoms with Crippen LogP contribution >= 0.6 is 15.9 Å². The molecule has 3 aromatic rings. The first-order valence-electron chi connectivity index (χ1n) is 10.1. The van der Waals surface area contributed by atoms with Crippen LogP contribution in [0, 0.1) is 6.92 Å². The molecule has 8 heteroatoms. The maximum Gasteiger partial charge on any atom is 0.264 e. The van der Waals surface area contributed by atoms with Crippen LogP contribution in [0.2, 0.25) is 0 Å². The zero-order valence-electron chi connectivity index (χ0n) is 17.9. The molecule has 0 aliphatic carbocycles. The maximum atomic E-state index is 13.4. The summed E-state index contributed by atoms with van der Waals surface area (Å²) in [5.74, 6) is 0.352. The van der Waals surface area contributed by atoms with E-state index in [9.17, 15) is 13.2 Å². The van der Waals surface area contributed by atoms with Crippen LogP contribution in [0.15, 0.2) is 82.2 Å².